The first kappa shape index (κ1) is 13.5. The summed E-state index contributed by atoms with van der Waals surface area (Å²) in [5.41, 5.74) is 1.15. The van der Waals surface area contributed by atoms with Gasteiger partial charge in [0, 0.05) is 17.8 Å². The Balaban J connectivity index is 1.63. The number of aromatic nitrogens is 1. The van der Waals surface area contributed by atoms with Gasteiger partial charge >= 0.3 is 0 Å². The Bertz CT molecular complexity index is 531. The molecule has 1 aromatic rings. The molecule has 6 heteroatoms. The van der Waals surface area contributed by atoms with Crippen LogP contribution >= 0.6 is 11.3 Å². The quantitative estimate of drug-likeness (QED) is 0.872. The molecule has 1 fully saturated rings. The molecular formula is C14H19N3O2S. The zero-order valence-corrected chi connectivity index (χ0v) is 12.4. The molecule has 2 heterocycles. The van der Waals surface area contributed by atoms with E-state index >= 15 is 0 Å². The highest BCUT2D eigenvalue weighted by molar-refractivity contribution is 7.15. The molecule has 0 radical (unpaired) electrons. The van der Waals surface area contributed by atoms with Crippen molar-refractivity contribution in [2.24, 2.45) is 11.8 Å². The van der Waals surface area contributed by atoms with Gasteiger partial charge in [-0.05, 0) is 31.6 Å². The van der Waals surface area contributed by atoms with Gasteiger partial charge in [0.15, 0.2) is 5.13 Å². The fourth-order valence-corrected chi connectivity index (χ4v) is 3.93. The van der Waals surface area contributed by atoms with E-state index in [0.29, 0.717) is 30.4 Å². The molecule has 2 aliphatic rings. The van der Waals surface area contributed by atoms with E-state index in [0.717, 1.165) is 18.5 Å². The molecule has 3 rings (SSSR count). The molecule has 0 aromatic carbocycles. The fourth-order valence-electron chi connectivity index (χ4n) is 2.76. The van der Waals surface area contributed by atoms with Crippen molar-refractivity contribution in [1.29, 1.82) is 0 Å². The van der Waals surface area contributed by atoms with Gasteiger partial charge < -0.3 is 10.6 Å². The van der Waals surface area contributed by atoms with E-state index < -0.39 is 0 Å². The van der Waals surface area contributed by atoms with Gasteiger partial charge in [-0.1, -0.05) is 6.92 Å². The zero-order chi connectivity index (χ0) is 14.1. The van der Waals surface area contributed by atoms with Crippen LogP contribution in [-0.2, 0) is 22.4 Å². The summed E-state index contributed by atoms with van der Waals surface area (Å²) in [7, 11) is 0. The Morgan fingerprint density at radius 2 is 2.25 bits per heavy atom. The average Bonchev–Trinajstić information content (AvgIpc) is 2.80. The smallest absolute Gasteiger partial charge is 0.231 e. The highest BCUT2D eigenvalue weighted by Gasteiger charge is 2.26. The van der Waals surface area contributed by atoms with E-state index in [4.69, 9.17) is 0 Å². The van der Waals surface area contributed by atoms with Gasteiger partial charge in [0.1, 0.15) is 0 Å². The molecule has 108 valence electrons. The van der Waals surface area contributed by atoms with Gasteiger partial charge in [0.2, 0.25) is 11.8 Å². The van der Waals surface area contributed by atoms with Gasteiger partial charge in [0.05, 0.1) is 11.6 Å². The maximum absolute atomic E-state index is 12.2. The number of aryl methyl sites for hydroxylation is 1. The molecular weight excluding hydrogens is 274 g/mol. The summed E-state index contributed by atoms with van der Waals surface area (Å²) in [5.74, 6) is 0.588. The van der Waals surface area contributed by atoms with E-state index in [1.165, 1.54) is 11.3 Å². The summed E-state index contributed by atoms with van der Waals surface area (Å²) in [5, 5.41) is 6.37. The number of nitrogens with zero attached hydrogens (tertiary/aromatic N) is 1. The lowest BCUT2D eigenvalue weighted by Crippen LogP contribution is -2.40. The monoisotopic (exact) mass is 293 g/mol. The predicted molar refractivity (Wildman–Crippen MR) is 77.7 cm³/mol. The highest BCUT2D eigenvalue weighted by atomic mass is 32.1. The Morgan fingerprint density at radius 1 is 1.40 bits per heavy atom. The summed E-state index contributed by atoms with van der Waals surface area (Å²) in [6.07, 6.45) is 4.33. The van der Waals surface area contributed by atoms with E-state index in [-0.39, 0.29) is 17.7 Å². The third-order valence-corrected chi connectivity index (χ3v) is 5.09. The van der Waals surface area contributed by atoms with Crippen molar-refractivity contribution in [3.05, 3.63) is 10.6 Å². The Hall–Kier alpha value is -1.43. The number of anilines is 1. The molecule has 1 aliphatic heterocycles. The molecule has 1 saturated heterocycles. The fraction of sp³-hybridized carbons (Fsp3) is 0.643. The number of hydrogen-bond acceptors (Lipinski definition) is 4. The number of nitrogens with one attached hydrogen (secondary N) is 2. The van der Waals surface area contributed by atoms with E-state index in [1.807, 2.05) is 0 Å². The van der Waals surface area contributed by atoms with Crippen LogP contribution in [0.5, 0.6) is 0 Å². The van der Waals surface area contributed by atoms with Gasteiger partial charge in [-0.3, -0.25) is 9.59 Å². The largest absolute Gasteiger partial charge is 0.355 e. The number of piperidine rings is 1. The normalized spacial score (nSPS) is 25.8. The Labute approximate surface area is 122 Å². The number of rotatable bonds is 2. The maximum Gasteiger partial charge on any atom is 0.231 e. The Morgan fingerprint density at radius 3 is 3.00 bits per heavy atom. The van der Waals surface area contributed by atoms with Crippen LogP contribution in [0.25, 0.3) is 0 Å². The number of carbonyl (C=O) groups is 2. The van der Waals surface area contributed by atoms with Crippen molar-refractivity contribution >= 4 is 28.3 Å². The summed E-state index contributed by atoms with van der Waals surface area (Å²) >= 11 is 1.60. The molecule has 5 nitrogen and oxygen atoms in total. The molecule has 0 saturated carbocycles. The molecule has 2 atom stereocenters. The Kier molecular flexibility index (Phi) is 3.74. The molecule has 0 unspecified atom stereocenters. The van der Waals surface area contributed by atoms with Crippen LogP contribution in [0, 0.1) is 11.8 Å². The van der Waals surface area contributed by atoms with Crippen molar-refractivity contribution < 1.29 is 9.59 Å². The van der Waals surface area contributed by atoms with Gasteiger partial charge in [-0.2, -0.15) is 0 Å². The van der Waals surface area contributed by atoms with Crippen LogP contribution in [0.4, 0.5) is 5.13 Å². The highest BCUT2D eigenvalue weighted by Crippen LogP contribution is 2.32. The van der Waals surface area contributed by atoms with Gasteiger partial charge in [-0.15, -0.1) is 11.3 Å². The standard InChI is InChI=1S/C14H19N3O2S/c1-8-2-4-10-11(6-8)20-14(16-10)17-13(19)9-3-5-12(18)15-7-9/h8-9H,2-7H2,1H3,(H,15,18)(H,16,17,19)/t8-,9+/m1/s1. The van der Waals surface area contributed by atoms with E-state index in [9.17, 15) is 9.59 Å². The van der Waals surface area contributed by atoms with Crippen molar-refractivity contribution in [3.63, 3.8) is 0 Å². The van der Waals surface area contributed by atoms with Crippen LogP contribution in [0.3, 0.4) is 0 Å². The SMILES string of the molecule is C[C@@H]1CCc2nc(NC(=O)[C@H]3CCC(=O)NC3)sc2C1. The second-order valence-corrected chi connectivity index (χ2v) is 6.85. The zero-order valence-electron chi connectivity index (χ0n) is 11.6. The van der Waals surface area contributed by atoms with Gasteiger partial charge in [0.25, 0.3) is 0 Å². The second kappa shape index (κ2) is 5.52. The first-order valence-electron chi connectivity index (χ1n) is 7.18. The summed E-state index contributed by atoms with van der Waals surface area (Å²) in [6, 6.07) is 0. The minimum Gasteiger partial charge on any atom is -0.355 e. The average molecular weight is 293 g/mol. The molecule has 2 N–H and O–H groups in total. The number of amides is 2. The number of fused-ring (bicyclic) bond motifs is 1. The van der Waals surface area contributed by atoms with Crippen molar-refractivity contribution in [1.82, 2.24) is 10.3 Å². The van der Waals surface area contributed by atoms with Gasteiger partial charge in [-0.25, -0.2) is 4.98 Å². The predicted octanol–water partition coefficient (Wildman–Crippen LogP) is 1.73. The number of thiazole rings is 1. The number of hydrogen-bond donors (Lipinski definition) is 2. The summed E-state index contributed by atoms with van der Waals surface area (Å²) in [4.78, 5) is 29.1. The second-order valence-electron chi connectivity index (χ2n) is 5.77. The lowest BCUT2D eigenvalue weighted by molar-refractivity contribution is -0.126. The minimum absolute atomic E-state index is 0.0239. The van der Waals surface area contributed by atoms with E-state index in [1.54, 1.807) is 11.3 Å². The minimum atomic E-state index is -0.132. The maximum atomic E-state index is 12.2. The summed E-state index contributed by atoms with van der Waals surface area (Å²) in [6.45, 7) is 2.69. The van der Waals surface area contributed by atoms with Crippen LogP contribution in [0.15, 0.2) is 0 Å². The first-order valence-corrected chi connectivity index (χ1v) is 7.99. The van der Waals surface area contributed by atoms with Crippen LogP contribution < -0.4 is 10.6 Å². The third kappa shape index (κ3) is 2.85. The topological polar surface area (TPSA) is 71.1 Å². The molecule has 1 aliphatic carbocycles. The molecule has 1 aromatic heterocycles. The van der Waals surface area contributed by atoms with Crippen molar-refractivity contribution in [2.75, 3.05) is 11.9 Å². The van der Waals surface area contributed by atoms with E-state index in [2.05, 4.69) is 22.5 Å². The third-order valence-electron chi connectivity index (χ3n) is 4.05. The lowest BCUT2D eigenvalue weighted by atomic mass is 9.93. The molecule has 0 spiro atoms. The molecule has 2 amide bonds. The van der Waals surface area contributed by atoms with Crippen molar-refractivity contribution in [2.45, 2.75) is 39.0 Å². The number of carbonyl (C=O) groups excluding carboxylic acids is 2. The molecule has 0 bridgehead atoms. The lowest BCUT2D eigenvalue weighted by Gasteiger charge is -2.20. The van der Waals surface area contributed by atoms with Crippen LogP contribution in [-0.4, -0.2) is 23.3 Å². The molecule has 20 heavy (non-hydrogen) atoms. The summed E-state index contributed by atoms with van der Waals surface area (Å²) < 4.78 is 0. The first-order chi connectivity index (χ1) is 9.61. The van der Waals surface area contributed by atoms with Crippen LogP contribution in [0.1, 0.15) is 36.8 Å². The van der Waals surface area contributed by atoms with Crippen molar-refractivity contribution in [3.8, 4) is 0 Å². The van der Waals surface area contributed by atoms with Crippen LogP contribution in [0.2, 0.25) is 0 Å².